The van der Waals surface area contributed by atoms with Crippen LogP contribution in [0, 0.1) is 6.92 Å². The lowest BCUT2D eigenvalue weighted by atomic mass is 10.1. The molecule has 5 nitrogen and oxygen atoms in total. The van der Waals surface area contributed by atoms with Gasteiger partial charge in [0.1, 0.15) is 5.69 Å². The summed E-state index contributed by atoms with van der Waals surface area (Å²) in [7, 11) is 2.03. The van der Waals surface area contributed by atoms with E-state index < -0.39 is 0 Å². The number of aryl methyl sites for hydroxylation is 2. The molecule has 1 N–H and O–H groups in total. The van der Waals surface area contributed by atoms with Crippen LogP contribution in [0.15, 0.2) is 48.8 Å². The summed E-state index contributed by atoms with van der Waals surface area (Å²) in [6.45, 7) is 2.85. The minimum atomic E-state index is -0.0590. The highest BCUT2D eigenvalue weighted by Gasteiger charge is 2.31. The Morgan fingerprint density at radius 3 is 2.88 bits per heavy atom. The van der Waals surface area contributed by atoms with Crippen molar-refractivity contribution in [1.82, 2.24) is 14.5 Å². The number of hydrogen-bond donors (Lipinski definition) is 1. The molecule has 0 spiro atoms. The molecule has 134 valence electrons. The van der Waals surface area contributed by atoms with Crippen LogP contribution in [0.3, 0.4) is 0 Å². The van der Waals surface area contributed by atoms with Gasteiger partial charge in [0.05, 0.1) is 16.6 Å². The fourth-order valence-corrected chi connectivity index (χ4v) is 4.47. The van der Waals surface area contributed by atoms with Gasteiger partial charge in [0.15, 0.2) is 0 Å². The summed E-state index contributed by atoms with van der Waals surface area (Å²) >= 11 is 1.68. The molecule has 1 aliphatic heterocycles. The number of hydrogen-bond acceptors (Lipinski definition) is 3. The predicted octanol–water partition coefficient (Wildman–Crippen LogP) is 4.83. The zero-order chi connectivity index (χ0) is 18.1. The van der Waals surface area contributed by atoms with Gasteiger partial charge in [0, 0.05) is 36.6 Å². The van der Waals surface area contributed by atoms with E-state index in [-0.39, 0.29) is 12.1 Å². The molecule has 0 bridgehead atoms. The Morgan fingerprint density at radius 2 is 2.15 bits per heavy atom. The van der Waals surface area contributed by atoms with E-state index in [4.69, 9.17) is 0 Å². The average molecular weight is 366 g/mol. The topological polar surface area (TPSA) is 50.2 Å². The van der Waals surface area contributed by atoms with Gasteiger partial charge in [-0.25, -0.2) is 4.79 Å². The molecule has 3 aromatic rings. The number of nitrogens with zero attached hydrogens (tertiary/aromatic N) is 3. The van der Waals surface area contributed by atoms with Gasteiger partial charge in [-0.1, -0.05) is 0 Å². The van der Waals surface area contributed by atoms with Crippen molar-refractivity contribution in [2.45, 2.75) is 25.8 Å². The van der Waals surface area contributed by atoms with Gasteiger partial charge in [-0.15, -0.1) is 11.3 Å². The molecule has 0 aromatic carbocycles. The number of nitrogens with one attached hydrogen (secondary N) is 1. The SMILES string of the molecule is Cc1ccc(-c2ncccc2NC(=O)N2CCCC2c2cccn2C)s1. The lowest BCUT2D eigenvalue weighted by Gasteiger charge is -2.26. The van der Waals surface area contributed by atoms with Gasteiger partial charge in [0.2, 0.25) is 0 Å². The Kier molecular flexibility index (Phi) is 4.51. The molecule has 2 amide bonds. The van der Waals surface area contributed by atoms with E-state index in [0.717, 1.165) is 35.6 Å². The van der Waals surface area contributed by atoms with E-state index in [0.29, 0.717) is 0 Å². The highest BCUT2D eigenvalue weighted by Crippen LogP contribution is 2.34. The van der Waals surface area contributed by atoms with Crippen molar-refractivity contribution in [3.63, 3.8) is 0 Å². The van der Waals surface area contributed by atoms with E-state index >= 15 is 0 Å². The number of amides is 2. The molecule has 1 atom stereocenters. The molecule has 6 heteroatoms. The molecule has 0 saturated carbocycles. The number of pyridine rings is 1. The Bertz CT molecular complexity index is 929. The number of anilines is 1. The Morgan fingerprint density at radius 1 is 1.27 bits per heavy atom. The van der Waals surface area contributed by atoms with Crippen LogP contribution in [0.5, 0.6) is 0 Å². The van der Waals surface area contributed by atoms with Crippen LogP contribution in [0.25, 0.3) is 10.6 Å². The standard InChI is InChI=1S/C20H22N4OS/c1-14-9-10-18(26-14)19-15(6-3-11-21-19)22-20(25)24-13-5-8-17(24)16-7-4-12-23(16)2/h3-4,6-7,9-12,17H,5,8,13H2,1-2H3,(H,22,25). The van der Waals surface area contributed by atoms with E-state index in [1.165, 1.54) is 10.6 Å². The third kappa shape index (κ3) is 3.12. The summed E-state index contributed by atoms with van der Waals surface area (Å²) < 4.78 is 2.10. The molecular weight excluding hydrogens is 344 g/mol. The average Bonchev–Trinajstić information content (AvgIpc) is 3.35. The summed E-state index contributed by atoms with van der Waals surface area (Å²) in [6, 6.07) is 12.1. The Labute approximate surface area is 157 Å². The molecule has 0 aliphatic carbocycles. The molecule has 0 radical (unpaired) electrons. The lowest BCUT2D eigenvalue weighted by molar-refractivity contribution is 0.205. The molecule has 3 aromatic heterocycles. The quantitative estimate of drug-likeness (QED) is 0.722. The summed E-state index contributed by atoms with van der Waals surface area (Å²) in [5, 5.41) is 3.09. The first-order chi connectivity index (χ1) is 12.6. The summed E-state index contributed by atoms with van der Waals surface area (Å²) in [6.07, 6.45) is 5.81. The maximum atomic E-state index is 13.0. The highest BCUT2D eigenvalue weighted by molar-refractivity contribution is 7.15. The normalized spacial score (nSPS) is 16.8. The first-order valence-corrected chi connectivity index (χ1v) is 9.66. The maximum Gasteiger partial charge on any atom is 0.322 e. The van der Waals surface area contributed by atoms with Crippen LogP contribution in [-0.4, -0.2) is 27.0 Å². The van der Waals surface area contributed by atoms with Crippen LogP contribution >= 0.6 is 11.3 Å². The van der Waals surface area contributed by atoms with Gasteiger partial charge >= 0.3 is 6.03 Å². The number of rotatable bonds is 3. The highest BCUT2D eigenvalue weighted by atomic mass is 32.1. The third-order valence-corrected chi connectivity index (χ3v) is 5.87. The molecule has 1 aliphatic rings. The van der Waals surface area contributed by atoms with Crippen molar-refractivity contribution < 1.29 is 4.79 Å². The van der Waals surface area contributed by atoms with Gasteiger partial charge in [-0.2, -0.15) is 0 Å². The van der Waals surface area contributed by atoms with E-state index in [1.807, 2.05) is 36.3 Å². The molecule has 26 heavy (non-hydrogen) atoms. The molecule has 1 saturated heterocycles. The van der Waals surface area contributed by atoms with Crippen molar-refractivity contribution >= 4 is 23.1 Å². The fourth-order valence-electron chi connectivity index (χ4n) is 3.59. The molecular formula is C20H22N4OS. The number of thiophene rings is 1. The minimum absolute atomic E-state index is 0.0590. The van der Waals surface area contributed by atoms with E-state index in [1.54, 1.807) is 17.5 Å². The van der Waals surface area contributed by atoms with E-state index in [9.17, 15) is 4.79 Å². The largest absolute Gasteiger partial charge is 0.353 e. The van der Waals surface area contributed by atoms with Crippen LogP contribution < -0.4 is 5.32 Å². The van der Waals surface area contributed by atoms with Crippen LogP contribution in [0.4, 0.5) is 10.5 Å². The molecule has 1 unspecified atom stereocenters. The number of urea groups is 1. The second-order valence-electron chi connectivity index (χ2n) is 6.64. The summed E-state index contributed by atoms with van der Waals surface area (Å²) in [5.74, 6) is 0. The fraction of sp³-hybridized carbons (Fsp3) is 0.300. The summed E-state index contributed by atoms with van der Waals surface area (Å²) in [4.78, 5) is 21.7. The van der Waals surface area contributed by atoms with Gasteiger partial charge in [-0.05, 0) is 56.2 Å². The predicted molar refractivity (Wildman–Crippen MR) is 105 cm³/mol. The number of likely N-dealkylation sites (tertiary alicyclic amines) is 1. The van der Waals surface area contributed by atoms with Crippen molar-refractivity contribution in [3.8, 4) is 10.6 Å². The monoisotopic (exact) mass is 366 g/mol. The molecule has 1 fully saturated rings. The smallest absolute Gasteiger partial charge is 0.322 e. The van der Waals surface area contributed by atoms with Crippen molar-refractivity contribution in [2.24, 2.45) is 7.05 Å². The van der Waals surface area contributed by atoms with Crippen LogP contribution in [-0.2, 0) is 7.05 Å². The number of aromatic nitrogens is 2. The number of carbonyl (C=O) groups is 1. The maximum absolute atomic E-state index is 13.0. The van der Waals surface area contributed by atoms with Gasteiger partial charge in [0.25, 0.3) is 0 Å². The zero-order valence-corrected chi connectivity index (χ0v) is 15.8. The van der Waals surface area contributed by atoms with Crippen LogP contribution in [0.1, 0.15) is 29.5 Å². The molecule has 4 heterocycles. The first kappa shape index (κ1) is 16.8. The zero-order valence-electron chi connectivity index (χ0n) is 15.0. The second-order valence-corrected chi connectivity index (χ2v) is 7.92. The van der Waals surface area contributed by atoms with Crippen LogP contribution in [0.2, 0.25) is 0 Å². The Balaban J connectivity index is 1.58. The minimum Gasteiger partial charge on any atom is -0.353 e. The van der Waals surface area contributed by atoms with Gasteiger partial charge < -0.3 is 14.8 Å². The van der Waals surface area contributed by atoms with Crippen molar-refractivity contribution in [3.05, 3.63) is 59.4 Å². The lowest BCUT2D eigenvalue weighted by Crippen LogP contribution is -2.35. The van der Waals surface area contributed by atoms with Gasteiger partial charge in [-0.3, -0.25) is 4.98 Å². The third-order valence-electron chi connectivity index (χ3n) is 4.86. The first-order valence-electron chi connectivity index (χ1n) is 8.84. The number of carbonyl (C=O) groups excluding carboxylic acids is 1. The van der Waals surface area contributed by atoms with Crippen molar-refractivity contribution in [1.29, 1.82) is 0 Å². The Hall–Kier alpha value is -2.60. The van der Waals surface area contributed by atoms with Crippen molar-refractivity contribution in [2.75, 3.05) is 11.9 Å². The molecule has 4 rings (SSSR count). The second kappa shape index (κ2) is 6.96. The summed E-state index contributed by atoms with van der Waals surface area (Å²) in [5.41, 5.74) is 2.77. The van der Waals surface area contributed by atoms with E-state index in [2.05, 4.69) is 40.0 Å².